The molecule has 1 aliphatic rings. The number of ether oxygens (including phenoxy) is 2. The van der Waals surface area contributed by atoms with E-state index < -0.39 is 11.9 Å². The number of carbonyl (C=O) groups excluding carboxylic acids is 2. The van der Waals surface area contributed by atoms with Crippen LogP contribution in [0.1, 0.15) is 6.42 Å². The highest BCUT2D eigenvalue weighted by atomic mass is 16.5. The zero-order chi connectivity index (χ0) is 12.3. The molecule has 90 valence electrons. The third-order valence-electron chi connectivity index (χ3n) is 2.61. The topological polar surface area (TPSA) is 64.6 Å². The summed E-state index contributed by atoms with van der Waals surface area (Å²) in [7, 11) is 1.57. The Balaban J connectivity index is 2.00. The van der Waals surface area contributed by atoms with Crippen LogP contribution in [0.25, 0.3) is 0 Å². The molecule has 1 atom stereocenters. The Kier molecular flexibility index (Phi) is 3.27. The minimum absolute atomic E-state index is 0.319. The maximum Gasteiger partial charge on any atom is 0.318 e. The predicted octanol–water partition coefficient (Wildman–Crippen LogP) is 1.20. The van der Waals surface area contributed by atoms with E-state index in [-0.39, 0.29) is 5.91 Å². The van der Waals surface area contributed by atoms with E-state index in [9.17, 15) is 9.59 Å². The van der Waals surface area contributed by atoms with Crippen molar-refractivity contribution in [3.63, 3.8) is 0 Å². The molecule has 0 unspecified atom stereocenters. The van der Waals surface area contributed by atoms with E-state index >= 15 is 0 Å². The number of hydrogen-bond acceptors (Lipinski definition) is 4. The summed E-state index contributed by atoms with van der Waals surface area (Å²) < 4.78 is 9.75. The quantitative estimate of drug-likeness (QED) is 0.631. The summed E-state index contributed by atoms with van der Waals surface area (Å²) in [4.78, 5) is 22.9. The largest absolute Gasteiger partial charge is 0.497 e. The summed E-state index contributed by atoms with van der Waals surface area (Å²) in [6.45, 7) is 0.319. The second-order valence-electron chi connectivity index (χ2n) is 3.73. The first-order valence-corrected chi connectivity index (χ1v) is 5.32. The standard InChI is InChI=1S/C12H13NO4/c1-16-9-4-2-8(3-5-9)13-11(14)10-6-7-17-12(10)15/h2-5,10H,6-7H2,1H3,(H,13,14)/t10-/m1/s1. The zero-order valence-electron chi connectivity index (χ0n) is 9.43. The van der Waals surface area contributed by atoms with Gasteiger partial charge in [-0.1, -0.05) is 0 Å². The number of nitrogens with one attached hydrogen (secondary N) is 1. The van der Waals surface area contributed by atoms with Gasteiger partial charge < -0.3 is 14.8 Å². The van der Waals surface area contributed by atoms with Crippen LogP contribution in [0.5, 0.6) is 5.75 Å². The van der Waals surface area contributed by atoms with Crippen LogP contribution in [0.2, 0.25) is 0 Å². The number of benzene rings is 1. The smallest absolute Gasteiger partial charge is 0.318 e. The first kappa shape index (κ1) is 11.4. The van der Waals surface area contributed by atoms with Crippen LogP contribution >= 0.6 is 0 Å². The molecule has 1 aromatic rings. The molecule has 1 amide bonds. The number of esters is 1. The molecule has 0 aliphatic carbocycles. The van der Waals surface area contributed by atoms with Crippen molar-refractivity contribution in [3.05, 3.63) is 24.3 Å². The van der Waals surface area contributed by atoms with Crippen molar-refractivity contribution in [1.29, 1.82) is 0 Å². The lowest BCUT2D eigenvalue weighted by atomic mass is 10.1. The van der Waals surface area contributed by atoms with Crippen molar-refractivity contribution < 1.29 is 19.1 Å². The molecule has 5 nitrogen and oxygen atoms in total. The number of methoxy groups -OCH3 is 1. The van der Waals surface area contributed by atoms with Gasteiger partial charge in [-0.15, -0.1) is 0 Å². The minimum Gasteiger partial charge on any atom is -0.497 e. The third kappa shape index (κ3) is 2.55. The molecule has 17 heavy (non-hydrogen) atoms. The summed E-state index contributed by atoms with van der Waals surface area (Å²) in [6.07, 6.45) is 0.445. The zero-order valence-corrected chi connectivity index (χ0v) is 9.43. The Labute approximate surface area is 98.7 Å². The number of hydrogen-bond donors (Lipinski definition) is 1. The molecule has 0 aromatic heterocycles. The summed E-state index contributed by atoms with van der Waals surface area (Å²) in [5.74, 6) is -0.742. The lowest BCUT2D eigenvalue weighted by molar-refractivity contribution is -0.143. The van der Waals surface area contributed by atoms with Crippen LogP contribution in [0.15, 0.2) is 24.3 Å². The van der Waals surface area contributed by atoms with E-state index in [1.807, 2.05) is 0 Å². The second kappa shape index (κ2) is 4.86. The normalized spacial score (nSPS) is 18.6. The van der Waals surface area contributed by atoms with E-state index in [0.29, 0.717) is 24.5 Å². The van der Waals surface area contributed by atoms with Crippen molar-refractivity contribution in [3.8, 4) is 5.75 Å². The average molecular weight is 235 g/mol. The Bertz CT molecular complexity index is 427. The second-order valence-corrected chi connectivity index (χ2v) is 3.73. The van der Waals surface area contributed by atoms with E-state index in [1.165, 1.54) is 0 Å². The van der Waals surface area contributed by atoms with Gasteiger partial charge in [0.25, 0.3) is 0 Å². The fourth-order valence-electron chi connectivity index (χ4n) is 1.64. The van der Waals surface area contributed by atoms with Crippen LogP contribution in [-0.4, -0.2) is 25.6 Å². The van der Waals surface area contributed by atoms with Crippen molar-refractivity contribution in [1.82, 2.24) is 0 Å². The highest BCUT2D eigenvalue weighted by Gasteiger charge is 2.33. The van der Waals surface area contributed by atoms with Crippen LogP contribution in [-0.2, 0) is 14.3 Å². The maximum absolute atomic E-state index is 11.7. The van der Waals surface area contributed by atoms with Crippen molar-refractivity contribution in [2.75, 3.05) is 19.0 Å². The summed E-state index contributed by atoms with van der Waals surface area (Å²) in [6, 6.07) is 6.92. The Morgan fingerprint density at radius 3 is 2.65 bits per heavy atom. The first-order valence-electron chi connectivity index (χ1n) is 5.32. The maximum atomic E-state index is 11.7. The average Bonchev–Trinajstić information content (AvgIpc) is 2.76. The third-order valence-corrected chi connectivity index (χ3v) is 2.61. The van der Waals surface area contributed by atoms with Gasteiger partial charge in [0, 0.05) is 12.1 Å². The molecular weight excluding hydrogens is 222 g/mol. The van der Waals surface area contributed by atoms with Crippen LogP contribution in [0, 0.1) is 5.92 Å². The number of cyclic esters (lactones) is 1. The molecule has 0 spiro atoms. The summed E-state index contributed by atoms with van der Waals surface area (Å²) >= 11 is 0. The molecule has 0 saturated carbocycles. The van der Waals surface area contributed by atoms with Crippen molar-refractivity contribution in [2.45, 2.75) is 6.42 Å². The molecule has 1 fully saturated rings. The number of rotatable bonds is 3. The van der Waals surface area contributed by atoms with Gasteiger partial charge in [0.15, 0.2) is 0 Å². The first-order chi connectivity index (χ1) is 8.20. The SMILES string of the molecule is COc1ccc(NC(=O)[C@H]2CCOC2=O)cc1. The van der Waals surface area contributed by atoms with Crippen molar-refractivity contribution >= 4 is 17.6 Å². The number of amides is 1. The van der Waals surface area contributed by atoms with Crippen LogP contribution in [0.4, 0.5) is 5.69 Å². The van der Waals surface area contributed by atoms with Gasteiger partial charge in [-0.05, 0) is 24.3 Å². The van der Waals surface area contributed by atoms with E-state index in [2.05, 4.69) is 5.32 Å². The molecule has 0 radical (unpaired) electrons. The lowest BCUT2D eigenvalue weighted by Crippen LogP contribution is -2.26. The molecule has 1 aromatic carbocycles. The van der Waals surface area contributed by atoms with Gasteiger partial charge >= 0.3 is 5.97 Å². The fraction of sp³-hybridized carbons (Fsp3) is 0.333. The summed E-state index contributed by atoms with van der Waals surface area (Å²) in [5.41, 5.74) is 0.635. The predicted molar refractivity (Wildman–Crippen MR) is 60.7 cm³/mol. The molecule has 1 heterocycles. The van der Waals surface area contributed by atoms with Crippen LogP contribution < -0.4 is 10.1 Å². The molecule has 0 bridgehead atoms. The number of carbonyl (C=O) groups is 2. The Hall–Kier alpha value is -2.04. The van der Waals surface area contributed by atoms with Gasteiger partial charge in [-0.25, -0.2) is 0 Å². The van der Waals surface area contributed by atoms with E-state index in [4.69, 9.17) is 9.47 Å². The number of anilines is 1. The van der Waals surface area contributed by atoms with Gasteiger partial charge in [0.1, 0.15) is 11.7 Å². The minimum atomic E-state index is -0.683. The Morgan fingerprint density at radius 1 is 1.41 bits per heavy atom. The van der Waals surface area contributed by atoms with E-state index in [1.54, 1.807) is 31.4 Å². The van der Waals surface area contributed by atoms with Gasteiger partial charge in [-0.3, -0.25) is 9.59 Å². The summed E-state index contributed by atoms with van der Waals surface area (Å²) in [5, 5.41) is 2.67. The highest BCUT2D eigenvalue weighted by Crippen LogP contribution is 2.19. The molecule has 1 aliphatic heterocycles. The van der Waals surface area contributed by atoms with E-state index in [0.717, 1.165) is 0 Å². The molecular formula is C12H13NO4. The van der Waals surface area contributed by atoms with Gasteiger partial charge in [0.05, 0.1) is 13.7 Å². The monoisotopic (exact) mass is 235 g/mol. The molecule has 2 rings (SSSR count). The van der Waals surface area contributed by atoms with Crippen LogP contribution in [0.3, 0.4) is 0 Å². The molecule has 5 heteroatoms. The van der Waals surface area contributed by atoms with Gasteiger partial charge in [-0.2, -0.15) is 0 Å². The highest BCUT2D eigenvalue weighted by molar-refractivity contribution is 6.05. The molecule has 1 saturated heterocycles. The van der Waals surface area contributed by atoms with Crippen molar-refractivity contribution in [2.24, 2.45) is 5.92 Å². The fourth-order valence-corrected chi connectivity index (χ4v) is 1.64. The van der Waals surface area contributed by atoms with Gasteiger partial charge in [0.2, 0.25) is 5.91 Å². The lowest BCUT2D eigenvalue weighted by Gasteiger charge is -2.08. The molecule has 1 N–H and O–H groups in total. The Morgan fingerprint density at radius 2 is 2.12 bits per heavy atom.